The number of aliphatic hydroxyl groups excluding tert-OH is 1. The van der Waals surface area contributed by atoms with E-state index in [4.69, 9.17) is 4.74 Å². The molecule has 8 heteroatoms. The van der Waals surface area contributed by atoms with Crippen LogP contribution in [0.1, 0.15) is 62.7 Å². The zero-order valence-corrected chi connectivity index (χ0v) is 22.6. The standard InChI is InChI=1S/C31H36F2N2O4/c1-31(2)23(29-24(32)5-4-6-25(29)33)16-28(31)35-14-12-18(22(17-35)30(37)38)7-10-27(36)20-11-13-34-26-9-8-19(39-3)15-21(20)26/h4-6,8-9,11,13,15,18,22-23,27-28,36H,7,10,12,14,16-17H2,1-3H3,(H,37,38)/t18-,22+,23?,27+,28?/m1/s1. The lowest BCUT2D eigenvalue weighted by Crippen LogP contribution is -2.60. The fourth-order valence-corrected chi connectivity index (χ4v) is 6.88. The Hall–Kier alpha value is -3.10. The molecule has 3 aromatic rings. The smallest absolute Gasteiger partial charge is 0.308 e. The fourth-order valence-electron chi connectivity index (χ4n) is 6.88. The van der Waals surface area contributed by atoms with Crippen LogP contribution in [-0.4, -0.2) is 52.3 Å². The minimum absolute atomic E-state index is 0.0491. The Morgan fingerprint density at radius 3 is 2.62 bits per heavy atom. The summed E-state index contributed by atoms with van der Waals surface area (Å²) in [6, 6.07) is 11.4. The summed E-state index contributed by atoms with van der Waals surface area (Å²) < 4.78 is 34.3. The highest BCUT2D eigenvalue weighted by atomic mass is 19.1. The Labute approximate surface area is 227 Å². The van der Waals surface area contributed by atoms with Gasteiger partial charge in [0.2, 0.25) is 0 Å². The molecule has 2 fully saturated rings. The maximum Gasteiger partial charge on any atom is 0.308 e. The van der Waals surface area contributed by atoms with Gasteiger partial charge in [-0.25, -0.2) is 8.78 Å². The summed E-state index contributed by atoms with van der Waals surface area (Å²) in [5, 5.41) is 22.0. The number of aromatic nitrogens is 1. The SMILES string of the molecule is COc1ccc2nccc([C@@H](O)CC[C@@H]3CCN(C4CC(c5c(F)cccc5F)C4(C)C)C[C@@H]3C(=O)O)c2c1. The minimum atomic E-state index is -0.841. The van der Waals surface area contributed by atoms with Crippen LogP contribution in [0.15, 0.2) is 48.7 Å². The molecule has 5 rings (SSSR count). The van der Waals surface area contributed by atoms with Crippen molar-refractivity contribution in [3.05, 3.63) is 71.4 Å². The van der Waals surface area contributed by atoms with Crippen molar-refractivity contribution >= 4 is 16.9 Å². The van der Waals surface area contributed by atoms with Crippen molar-refractivity contribution in [2.75, 3.05) is 20.2 Å². The Balaban J connectivity index is 1.25. The molecule has 0 radical (unpaired) electrons. The number of likely N-dealkylation sites (tertiary alicyclic amines) is 1. The van der Waals surface area contributed by atoms with Crippen LogP contribution in [0.3, 0.4) is 0 Å². The molecule has 5 atom stereocenters. The first-order chi connectivity index (χ1) is 18.6. The molecule has 6 nitrogen and oxygen atoms in total. The maximum absolute atomic E-state index is 14.5. The molecular weight excluding hydrogens is 502 g/mol. The largest absolute Gasteiger partial charge is 0.497 e. The van der Waals surface area contributed by atoms with Crippen LogP contribution < -0.4 is 4.74 Å². The molecule has 1 aromatic heterocycles. The first-order valence-electron chi connectivity index (χ1n) is 13.6. The van der Waals surface area contributed by atoms with Crippen molar-refractivity contribution in [2.24, 2.45) is 17.3 Å². The second-order valence-electron chi connectivity index (χ2n) is 11.6. The zero-order valence-electron chi connectivity index (χ0n) is 22.6. The molecule has 1 aliphatic heterocycles. The molecule has 2 aromatic carbocycles. The van der Waals surface area contributed by atoms with Gasteiger partial charge >= 0.3 is 5.97 Å². The van der Waals surface area contributed by atoms with Gasteiger partial charge in [-0.1, -0.05) is 19.9 Å². The van der Waals surface area contributed by atoms with Gasteiger partial charge < -0.3 is 14.9 Å². The highest BCUT2D eigenvalue weighted by Gasteiger charge is 2.54. The number of aliphatic carboxylic acids is 1. The van der Waals surface area contributed by atoms with E-state index in [1.165, 1.54) is 18.2 Å². The third-order valence-corrected chi connectivity index (χ3v) is 9.26. The first-order valence-corrected chi connectivity index (χ1v) is 13.6. The van der Waals surface area contributed by atoms with E-state index in [0.29, 0.717) is 38.0 Å². The van der Waals surface area contributed by atoms with Crippen LogP contribution in [0.2, 0.25) is 0 Å². The van der Waals surface area contributed by atoms with Gasteiger partial charge in [0.15, 0.2) is 0 Å². The van der Waals surface area contributed by atoms with E-state index in [9.17, 15) is 23.8 Å². The predicted octanol–water partition coefficient (Wildman–Crippen LogP) is 5.94. The Bertz CT molecular complexity index is 1340. The predicted molar refractivity (Wildman–Crippen MR) is 145 cm³/mol. The number of hydrogen-bond donors (Lipinski definition) is 2. The monoisotopic (exact) mass is 538 g/mol. The molecule has 1 saturated carbocycles. The number of fused-ring (bicyclic) bond motifs is 1. The van der Waals surface area contributed by atoms with Crippen LogP contribution >= 0.6 is 0 Å². The number of carboxylic acid groups (broad SMARTS) is 1. The molecule has 0 spiro atoms. The highest BCUT2D eigenvalue weighted by molar-refractivity contribution is 5.83. The molecule has 0 bridgehead atoms. The van der Waals surface area contributed by atoms with E-state index in [0.717, 1.165) is 23.0 Å². The van der Waals surface area contributed by atoms with Gasteiger partial charge in [-0.15, -0.1) is 0 Å². The summed E-state index contributed by atoms with van der Waals surface area (Å²) in [6.07, 6.45) is 3.23. The lowest BCUT2D eigenvalue weighted by Gasteiger charge is -2.58. The molecule has 0 amide bonds. The van der Waals surface area contributed by atoms with Crippen LogP contribution in [0.4, 0.5) is 8.78 Å². The van der Waals surface area contributed by atoms with Gasteiger partial charge in [0.05, 0.1) is 24.6 Å². The summed E-state index contributed by atoms with van der Waals surface area (Å²) in [4.78, 5) is 18.9. The number of nitrogens with zero attached hydrogens (tertiary/aromatic N) is 2. The van der Waals surface area contributed by atoms with Crippen molar-refractivity contribution in [1.29, 1.82) is 0 Å². The van der Waals surface area contributed by atoms with Gasteiger partial charge in [0.1, 0.15) is 17.4 Å². The normalized spacial score (nSPS) is 25.7. The average molecular weight is 539 g/mol. The van der Waals surface area contributed by atoms with Crippen LogP contribution in [0, 0.1) is 28.9 Å². The van der Waals surface area contributed by atoms with Gasteiger partial charge in [-0.3, -0.25) is 14.7 Å². The zero-order chi connectivity index (χ0) is 27.9. The number of piperidine rings is 1. The lowest BCUT2D eigenvalue weighted by atomic mass is 9.55. The van der Waals surface area contributed by atoms with E-state index >= 15 is 0 Å². The summed E-state index contributed by atoms with van der Waals surface area (Å²) in [6.45, 7) is 5.15. The number of methoxy groups -OCH3 is 1. The van der Waals surface area contributed by atoms with Crippen LogP contribution in [0.5, 0.6) is 5.75 Å². The molecule has 2 heterocycles. The fraction of sp³-hybridized carbons (Fsp3) is 0.484. The van der Waals surface area contributed by atoms with Crippen molar-refractivity contribution in [1.82, 2.24) is 9.88 Å². The molecule has 2 aliphatic rings. The third kappa shape index (κ3) is 5.12. The van der Waals surface area contributed by atoms with Crippen molar-refractivity contribution in [3.8, 4) is 5.75 Å². The maximum atomic E-state index is 14.5. The van der Waals surface area contributed by atoms with Crippen molar-refractivity contribution < 1.29 is 28.5 Å². The summed E-state index contributed by atoms with van der Waals surface area (Å²) in [5.74, 6) is -2.10. The first kappa shape index (κ1) is 27.5. The van der Waals surface area contributed by atoms with Gasteiger partial charge in [-0.05, 0) is 91.4 Å². The van der Waals surface area contributed by atoms with Crippen LogP contribution in [-0.2, 0) is 4.79 Å². The van der Waals surface area contributed by atoms with Gasteiger partial charge in [0.25, 0.3) is 0 Å². The lowest BCUT2D eigenvalue weighted by molar-refractivity contribution is -0.149. The van der Waals surface area contributed by atoms with E-state index in [-0.39, 0.29) is 23.4 Å². The van der Waals surface area contributed by atoms with Gasteiger partial charge in [0, 0.05) is 29.7 Å². The molecule has 1 aliphatic carbocycles. The third-order valence-electron chi connectivity index (χ3n) is 9.26. The topological polar surface area (TPSA) is 82.9 Å². The van der Waals surface area contributed by atoms with E-state index in [1.54, 1.807) is 19.4 Å². The number of halogens is 2. The number of carboxylic acids is 1. The molecule has 1 saturated heterocycles. The van der Waals surface area contributed by atoms with E-state index in [1.807, 2.05) is 32.0 Å². The number of pyridine rings is 1. The second-order valence-corrected chi connectivity index (χ2v) is 11.6. The van der Waals surface area contributed by atoms with Crippen molar-refractivity contribution in [3.63, 3.8) is 0 Å². The number of aliphatic hydroxyl groups is 1. The minimum Gasteiger partial charge on any atom is -0.497 e. The molecule has 208 valence electrons. The number of benzene rings is 2. The molecule has 39 heavy (non-hydrogen) atoms. The summed E-state index contributed by atoms with van der Waals surface area (Å²) in [5.41, 5.74) is 1.27. The number of ether oxygens (including phenoxy) is 1. The Morgan fingerprint density at radius 2 is 1.95 bits per heavy atom. The number of rotatable bonds is 8. The Morgan fingerprint density at radius 1 is 1.21 bits per heavy atom. The summed E-state index contributed by atoms with van der Waals surface area (Å²) in [7, 11) is 1.59. The Kier molecular flexibility index (Phi) is 7.62. The highest BCUT2D eigenvalue weighted by Crippen LogP contribution is 2.56. The van der Waals surface area contributed by atoms with Crippen molar-refractivity contribution in [2.45, 2.75) is 57.6 Å². The molecule has 2 unspecified atom stereocenters. The number of hydrogen-bond acceptors (Lipinski definition) is 5. The van der Waals surface area contributed by atoms with Gasteiger partial charge in [-0.2, -0.15) is 0 Å². The quantitative estimate of drug-likeness (QED) is 0.369. The van der Waals surface area contributed by atoms with E-state index < -0.39 is 35.0 Å². The van der Waals surface area contributed by atoms with E-state index in [2.05, 4.69) is 9.88 Å². The molecular formula is C31H36F2N2O4. The second kappa shape index (κ2) is 10.8. The average Bonchev–Trinajstić information content (AvgIpc) is 2.92. The summed E-state index contributed by atoms with van der Waals surface area (Å²) >= 11 is 0. The number of carbonyl (C=O) groups is 1. The van der Waals surface area contributed by atoms with Crippen LogP contribution in [0.25, 0.3) is 10.9 Å². The molecule has 2 N–H and O–H groups in total.